The minimum atomic E-state index is -0.797. The van der Waals surface area contributed by atoms with E-state index in [0.717, 1.165) is 34.1 Å². The molecule has 6 nitrogen and oxygen atoms in total. The highest BCUT2D eigenvalue weighted by Crippen LogP contribution is 2.22. The van der Waals surface area contributed by atoms with Crippen molar-refractivity contribution in [3.8, 4) is 11.3 Å². The summed E-state index contributed by atoms with van der Waals surface area (Å²) in [7, 11) is 0. The van der Waals surface area contributed by atoms with Crippen LogP contribution in [0.1, 0.15) is 22.0 Å². The summed E-state index contributed by atoms with van der Waals surface area (Å²) in [5.74, 6) is 0.512. The van der Waals surface area contributed by atoms with Crippen molar-refractivity contribution < 1.29 is 14.3 Å². The molecular weight excluding hydrogens is 350 g/mol. The minimum absolute atomic E-state index is 0.117. The first-order valence-electron chi connectivity index (χ1n) is 8.03. The average Bonchev–Trinajstić information content (AvgIpc) is 3.37. The van der Waals surface area contributed by atoms with Crippen LogP contribution in [0.3, 0.4) is 0 Å². The fourth-order valence-electron chi connectivity index (χ4n) is 2.65. The number of aliphatic hydroxyl groups is 1. The van der Waals surface area contributed by atoms with E-state index in [1.54, 1.807) is 24.5 Å². The number of furan rings is 1. The lowest BCUT2D eigenvalue weighted by Crippen LogP contribution is -2.28. The summed E-state index contributed by atoms with van der Waals surface area (Å²) >= 11 is 1.11. The summed E-state index contributed by atoms with van der Waals surface area (Å²) in [6.07, 6.45) is 0.821. The number of aliphatic hydroxyl groups excluding tert-OH is 1. The van der Waals surface area contributed by atoms with E-state index in [0.29, 0.717) is 11.1 Å². The lowest BCUT2D eigenvalue weighted by molar-refractivity contribution is 0.0916. The molecule has 0 fully saturated rings. The Morgan fingerprint density at radius 2 is 1.92 bits per heavy atom. The molecule has 0 aliphatic heterocycles. The maximum absolute atomic E-state index is 12.3. The fourth-order valence-corrected chi connectivity index (χ4v) is 3.16. The second-order valence-electron chi connectivity index (χ2n) is 5.79. The molecule has 2 aromatic heterocycles. The smallest absolute Gasteiger partial charge is 0.251 e. The van der Waals surface area contributed by atoms with Gasteiger partial charge in [-0.25, -0.2) is 0 Å². The van der Waals surface area contributed by atoms with E-state index in [4.69, 9.17) is 4.42 Å². The molecule has 4 rings (SSSR count). The van der Waals surface area contributed by atoms with Gasteiger partial charge in [-0.05, 0) is 35.9 Å². The zero-order valence-electron chi connectivity index (χ0n) is 13.6. The largest absolute Gasteiger partial charge is 0.464 e. The van der Waals surface area contributed by atoms with Crippen molar-refractivity contribution in [3.63, 3.8) is 0 Å². The van der Waals surface area contributed by atoms with Gasteiger partial charge in [0.25, 0.3) is 5.91 Å². The van der Waals surface area contributed by atoms with Crippen molar-refractivity contribution in [1.29, 1.82) is 0 Å². The van der Waals surface area contributed by atoms with Gasteiger partial charge in [-0.2, -0.15) is 8.75 Å². The van der Waals surface area contributed by atoms with Crippen LogP contribution in [-0.4, -0.2) is 26.3 Å². The second kappa shape index (κ2) is 7.07. The SMILES string of the molecule is O=C(NC[C@@H](O)c1ccc(-c2ccco2)cc1)c1ccc2nsnc2c1. The van der Waals surface area contributed by atoms with Gasteiger partial charge in [-0.1, -0.05) is 24.3 Å². The summed E-state index contributed by atoms with van der Waals surface area (Å²) in [5.41, 5.74) is 3.60. The van der Waals surface area contributed by atoms with Crippen LogP contribution in [0.5, 0.6) is 0 Å². The average molecular weight is 365 g/mol. The third-order valence-electron chi connectivity index (χ3n) is 4.07. The van der Waals surface area contributed by atoms with E-state index < -0.39 is 6.10 Å². The number of amides is 1. The predicted octanol–water partition coefficient (Wildman–Crippen LogP) is 3.41. The summed E-state index contributed by atoms with van der Waals surface area (Å²) in [4.78, 5) is 12.3. The number of hydrogen-bond donors (Lipinski definition) is 2. The first kappa shape index (κ1) is 16.4. The van der Waals surface area contributed by atoms with Crippen LogP contribution in [0, 0.1) is 0 Å². The second-order valence-corrected chi connectivity index (χ2v) is 6.32. The lowest BCUT2D eigenvalue weighted by Gasteiger charge is -2.13. The van der Waals surface area contributed by atoms with Gasteiger partial charge >= 0.3 is 0 Å². The van der Waals surface area contributed by atoms with Gasteiger partial charge in [-0.3, -0.25) is 4.79 Å². The highest BCUT2D eigenvalue weighted by Gasteiger charge is 2.12. The Kier molecular flexibility index (Phi) is 4.47. The molecule has 1 atom stereocenters. The van der Waals surface area contributed by atoms with Crippen LogP contribution in [0.15, 0.2) is 65.3 Å². The minimum Gasteiger partial charge on any atom is -0.464 e. The molecule has 0 aliphatic rings. The van der Waals surface area contributed by atoms with Gasteiger partial charge in [0.05, 0.1) is 24.1 Å². The first-order chi connectivity index (χ1) is 12.7. The van der Waals surface area contributed by atoms with Crippen molar-refractivity contribution in [2.24, 2.45) is 0 Å². The number of aromatic nitrogens is 2. The predicted molar refractivity (Wildman–Crippen MR) is 98.9 cm³/mol. The number of carbonyl (C=O) groups is 1. The number of benzene rings is 2. The van der Waals surface area contributed by atoms with E-state index in [9.17, 15) is 9.90 Å². The Morgan fingerprint density at radius 3 is 2.69 bits per heavy atom. The monoisotopic (exact) mass is 365 g/mol. The quantitative estimate of drug-likeness (QED) is 0.566. The molecule has 0 unspecified atom stereocenters. The zero-order valence-corrected chi connectivity index (χ0v) is 14.4. The molecule has 4 aromatic rings. The third kappa shape index (κ3) is 3.35. The van der Waals surface area contributed by atoms with Crippen molar-refractivity contribution in [2.45, 2.75) is 6.10 Å². The number of carbonyl (C=O) groups excluding carboxylic acids is 1. The van der Waals surface area contributed by atoms with Crippen LogP contribution in [0.4, 0.5) is 0 Å². The molecule has 0 bridgehead atoms. The molecule has 0 saturated carbocycles. The number of nitrogens with one attached hydrogen (secondary N) is 1. The Bertz CT molecular complexity index is 1030. The highest BCUT2D eigenvalue weighted by molar-refractivity contribution is 7.00. The number of rotatable bonds is 5. The van der Waals surface area contributed by atoms with Crippen LogP contribution in [0.25, 0.3) is 22.4 Å². The Hall–Kier alpha value is -3.03. The van der Waals surface area contributed by atoms with Gasteiger partial charge in [0.1, 0.15) is 16.8 Å². The Balaban J connectivity index is 1.39. The van der Waals surface area contributed by atoms with Gasteiger partial charge in [-0.15, -0.1) is 0 Å². The summed E-state index contributed by atoms with van der Waals surface area (Å²) in [5, 5.41) is 13.1. The van der Waals surface area contributed by atoms with Crippen molar-refractivity contribution >= 4 is 28.7 Å². The zero-order chi connectivity index (χ0) is 17.9. The van der Waals surface area contributed by atoms with Crippen LogP contribution in [0.2, 0.25) is 0 Å². The van der Waals surface area contributed by atoms with E-state index in [-0.39, 0.29) is 12.5 Å². The molecule has 0 saturated heterocycles. The van der Waals surface area contributed by atoms with Crippen molar-refractivity contribution in [2.75, 3.05) is 6.54 Å². The highest BCUT2D eigenvalue weighted by atomic mass is 32.1. The molecule has 0 spiro atoms. The van der Waals surface area contributed by atoms with Crippen LogP contribution in [-0.2, 0) is 0 Å². The van der Waals surface area contributed by atoms with Gasteiger partial charge in [0.15, 0.2) is 0 Å². The number of hydrogen-bond acceptors (Lipinski definition) is 6. The molecule has 7 heteroatoms. The number of nitrogens with zero attached hydrogens (tertiary/aromatic N) is 2. The fraction of sp³-hybridized carbons (Fsp3) is 0.105. The van der Waals surface area contributed by atoms with Gasteiger partial charge in [0.2, 0.25) is 0 Å². The molecule has 26 heavy (non-hydrogen) atoms. The van der Waals surface area contributed by atoms with E-state index in [1.807, 2.05) is 36.4 Å². The van der Waals surface area contributed by atoms with E-state index in [2.05, 4.69) is 14.1 Å². The molecular formula is C19H15N3O3S. The molecule has 2 aromatic carbocycles. The van der Waals surface area contributed by atoms with Gasteiger partial charge in [0, 0.05) is 17.7 Å². The third-order valence-corrected chi connectivity index (χ3v) is 4.63. The van der Waals surface area contributed by atoms with Gasteiger partial charge < -0.3 is 14.8 Å². The summed E-state index contributed by atoms with van der Waals surface area (Å²) < 4.78 is 13.6. The molecule has 0 aliphatic carbocycles. The summed E-state index contributed by atoms with van der Waals surface area (Å²) in [6.45, 7) is 0.117. The maximum Gasteiger partial charge on any atom is 0.251 e. The molecule has 1 amide bonds. The van der Waals surface area contributed by atoms with Crippen molar-refractivity contribution in [1.82, 2.24) is 14.1 Å². The van der Waals surface area contributed by atoms with Crippen LogP contribution >= 0.6 is 11.7 Å². The molecule has 0 radical (unpaired) electrons. The first-order valence-corrected chi connectivity index (χ1v) is 8.76. The molecule has 2 heterocycles. The normalized spacial score (nSPS) is 12.2. The maximum atomic E-state index is 12.3. The number of fused-ring (bicyclic) bond motifs is 1. The topological polar surface area (TPSA) is 88.2 Å². The lowest BCUT2D eigenvalue weighted by atomic mass is 10.1. The summed E-state index contributed by atoms with van der Waals surface area (Å²) in [6, 6.07) is 16.3. The molecule has 2 N–H and O–H groups in total. The molecule has 130 valence electrons. The van der Waals surface area contributed by atoms with Crippen LogP contribution < -0.4 is 5.32 Å². The Labute approximate surface area is 153 Å². The van der Waals surface area contributed by atoms with E-state index >= 15 is 0 Å². The standard InChI is InChI=1S/C19H15N3O3S/c23-17(12-3-5-13(6-4-12)18-2-1-9-25-18)11-20-19(24)14-7-8-15-16(10-14)22-26-21-15/h1-10,17,23H,11H2,(H,20,24)/t17-/m1/s1. The van der Waals surface area contributed by atoms with Crippen molar-refractivity contribution in [3.05, 3.63) is 72.0 Å². The van der Waals surface area contributed by atoms with E-state index in [1.165, 1.54) is 0 Å². The Morgan fingerprint density at radius 1 is 1.12 bits per heavy atom.